The molecule has 2 saturated heterocycles. The molecule has 4 rings (SSSR count). The summed E-state index contributed by atoms with van der Waals surface area (Å²) in [6.07, 6.45) is 4.89. The predicted molar refractivity (Wildman–Crippen MR) is 91.6 cm³/mol. The number of carbonyl (C=O) groups excluding carboxylic acids is 1. The molecule has 1 atom stereocenters. The van der Waals surface area contributed by atoms with Crippen molar-refractivity contribution in [3.63, 3.8) is 0 Å². The number of aromatic nitrogens is 1. The number of rotatable bonds is 6. The molecule has 0 radical (unpaired) electrons. The van der Waals surface area contributed by atoms with Gasteiger partial charge in [0.05, 0.1) is 5.60 Å². The number of pyridine rings is 1. The lowest BCUT2D eigenvalue weighted by molar-refractivity contribution is -0.150. The van der Waals surface area contributed by atoms with Crippen molar-refractivity contribution in [2.75, 3.05) is 26.2 Å². The Labute approximate surface area is 152 Å². The Morgan fingerprint density at radius 3 is 2.88 bits per heavy atom. The Bertz CT molecular complexity index is 641. The van der Waals surface area contributed by atoms with E-state index in [0.29, 0.717) is 12.5 Å². The fraction of sp³-hybridized carbons (Fsp3) is 0.684. The first-order valence-electron chi connectivity index (χ1n) is 9.37. The van der Waals surface area contributed by atoms with Gasteiger partial charge in [-0.1, -0.05) is 6.07 Å². The van der Waals surface area contributed by atoms with Crippen LogP contribution >= 0.6 is 0 Å². The highest BCUT2D eigenvalue weighted by molar-refractivity contribution is 5.79. The summed E-state index contributed by atoms with van der Waals surface area (Å²) < 4.78 is 31.8. The second-order valence-electron chi connectivity index (χ2n) is 7.95. The molecular weight excluding hydrogens is 340 g/mol. The highest BCUT2D eigenvalue weighted by Crippen LogP contribution is 2.43. The lowest BCUT2D eigenvalue weighted by atomic mass is 9.78. The summed E-state index contributed by atoms with van der Waals surface area (Å²) in [6.45, 7) is 3.97. The molecular formula is C19H25F2N3O2. The van der Waals surface area contributed by atoms with Crippen molar-refractivity contribution < 1.29 is 18.3 Å². The lowest BCUT2D eigenvalue weighted by Gasteiger charge is -2.50. The van der Waals surface area contributed by atoms with E-state index < -0.39 is 11.8 Å². The van der Waals surface area contributed by atoms with Crippen molar-refractivity contribution >= 4 is 5.91 Å². The molecule has 1 unspecified atom stereocenters. The molecule has 1 aromatic heterocycles. The van der Waals surface area contributed by atoms with Crippen LogP contribution in [0.1, 0.15) is 31.2 Å². The van der Waals surface area contributed by atoms with E-state index in [1.165, 1.54) is 5.56 Å². The van der Waals surface area contributed by atoms with Gasteiger partial charge in [-0.15, -0.1) is 0 Å². The Kier molecular flexibility index (Phi) is 4.69. The van der Waals surface area contributed by atoms with E-state index in [-0.39, 0.29) is 24.3 Å². The Morgan fingerprint density at radius 1 is 1.38 bits per heavy atom. The van der Waals surface area contributed by atoms with Crippen molar-refractivity contribution in [2.45, 2.75) is 43.8 Å². The molecule has 1 spiro atoms. The van der Waals surface area contributed by atoms with E-state index in [9.17, 15) is 13.6 Å². The third kappa shape index (κ3) is 3.60. The normalized spacial score (nSPS) is 27.1. The van der Waals surface area contributed by atoms with Crippen LogP contribution in [0.25, 0.3) is 0 Å². The number of amides is 1. The Hall–Kier alpha value is -1.60. The van der Waals surface area contributed by atoms with E-state index in [1.54, 1.807) is 6.20 Å². The van der Waals surface area contributed by atoms with Crippen LogP contribution in [0.3, 0.4) is 0 Å². The van der Waals surface area contributed by atoms with Gasteiger partial charge in [0.2, 0.25) is 11.8 Å². The summed E-state index contributed by atoms with van der Waals surface area (Å²) in [5.74, 6) is -2.97. The minimum absolute atomic E-state index is 0.101. The van der Waals surface area contributed by atoms with Crippen molar-refractivity contribution in [3.05, 3.63) is 30.1 Å². The van der Waals surface area contributed by atoms with E-state index in [2.05, 4.69) is 21.3 Å². The molecule has 142 valence electrons. The van der Waals surface area contributed by atoms with Gasteiger partial charge in [0.15, 0.2) is 0 Å². The maximum absolute atomic E-state index is 12.9. The summed E-state index contributed by atoms with van der Waals surface area (Å²) >= 11 is 0. The van der Waals surface area contributed by atoms with Crippen molar-refractivity contribution in [1.82, 2.24) is 15.2 Å². The molecule has 1 aliphatic carbocycles. The van der Waals surface area contributed by atoms with Crippen LogP contribution < -0.4 is 5.32 Å². The molecule has 3 fully saturated rings. The van der Waals surface area contributed by atoms with Crippen molar-refractivity contribution in [2.24, 2.45) is 11.8 Å². The molecule has 5 nitrogen and oxygen atoms in total. The number of carbonyl (C=O) groups is 1. The number of ether oxygens (including phenoxy) is 1. The maximum Gasteiger partial charge on any atom is 0.249 e. The van der Waals surface area contributed by atoms with E-state index in [1.807, 2.05) is 12.3 Å². The highest BCUT2D eigenvalue weighted by Gasteiger charge is 2.52. The standard InChI is InChI=1S/C19H25F2N3O2/c20-19(21)8-15(9-19)17(25)23-6-3-16-4-7-26-18(16)12-24(13-18)11-14-2-1-5-22-10-14/h1-2,5,10,15-16H,3-4,6-9,11-13H2,(H,23,25). The monoisotopic (exact) mass is 365 g/mol. The minimum Gasteiger partial charge on any atom is -0.372 e. The third-order valence-corrected chi connectivity index (χ3v) is 5.96. The van der Waals surface area contributed by atoms with Crippen LogP contribution in [0.5, 0.6) is 0 Å². The van der Waals surface area contributed by atoms with Gasteiger partial charge in [0, 0.05) is 63.9 Å². The number of likely N-dealkylation sites (tertiary alicyclic amines) is 1. The fourth-order valence-corrected chi connectivity index (χ4v) is 4.48. The number of nitrogens with one attached hydrogen (secondary N) is 1. The summed E-state index contributed by atoms with van der Waals surface area (Å²) in [6, 6.07) is 4.02. The molecule has 3 aliphatic rings. The lowest BCUT2D eigenvalue weighted by Crippen LogP contribution is -2.64. The quantitative estimate of drug-likeness (QED) is 0.840. The van der Waals surface area contributed by atoms with Gasteiger partial charge < -0.3 is 10.1 Å². The fourth-order valence-electron chi connectivity index (χ4n) is 4.48. The van der Waals surface area contributed by atoms with Gasteiger partial charge >= 0.3 is 0 Å². The van der Waals surface area contributed by atoms with E-state index >= 15 is 0 Å². The Balaban J connectivity index is 1.20. The van der Waals surface area contributed by atoms with Crippen molar-refractivity contribution in [1.29, 1.82) is 0 Å². The predicted octanol–water partition coefficient (Wildman–Crippen LogP) is 2.22. The number of halogens is 2. The van der Waals surface area contributed by atoms with Crippen LogP contribution in [-0.4, -0.2) is 53.6 Å². The topological polar surface area (TPSA) is 54.5 Å². The first-order valence-corrected chi connectivity index (χ1v) is 9.37. The zero-order chi connectivity index (χ0) is 18.2. The molecule has 0 bridgehead atoms. The Morgan fingerprint density at radius 2 is 2.19 bits per heavy atom. The van der Waals surface area contributed by atoms with Crippen LogP contribution in [0.2, 0.25) is 0 Å². The van der Waals surface area contributed by atoms with Gasteiger partial charge in [-0.25, -0.2) is 8.78 Å². The molecule has 1 amide bonds. The molecule has 7 heteroatoms. The van der Waals surface area contributed by atoms with E-state index in [0.717, 1.165) is 39.1 Å². The van der Waals surface area contributed by atoms with Gasteiger partial charge in [-0.2, -0.15) is 0 Å². The third-order valence-electron chi connectivity index (χ3n) is 5.96. The summed E-state index contributed by atoms with van der Waals surface area (Å²) in [5.41, 5.74) is 1.10. The first-order chi connectivity index (χ1) is 12.5. The molecule has 1 aromatic rings. The molecule has 3 heterocycles. The summed E-state index contributed by atoms with van der Waals surface area (Å²) in [7, 11) is 0. The van der Waals surface area contributed by atoms with Crippen molar-refractivity contribution in [3.8, 4) is 0 Å². The smallest absolute Gasteiger partial charge is 0.249 e. The van der Waals surface area contributed by atoms with Crippen LogP contribution in [0, 0.1) is 11.8 Å². The first kappa shape index (κ1) is 17.8. The van der Waals surface area contributed by atoms with Gasteiger partial charge in [0.1, 0.15) is 0 Å². The summed E-state index contributed by atoms with van der Waals surface area (Å²) in [5, 5.41) is 2.84. The largest absolute Gasteiger partial charge is 0.372 e. The highest BCUT2D eigenvalue weighted by atomic mass is 19.3. The number of nitrogens with zero attached hydrogens (tertiary/aromatic N) is 2. The number of hydrogen-bond acceptors (Lipinski definition) is 4. The molecule has 2 aliphatic heterocycles. The zero-order valence-corrected chi connectivity index (χ0v) is 14.8. The minimum atomic E-state index is -2.64. The van der Waals surface area contributed by atoms with Crippen LogP contribution in [-0.2, 0) is 16.1 Å². The van der Waals surface area contributed by atoms with Gasteiger partial charge in [-0.3, -0.25) is 14.7 Å². The van der Waals surface area contributed by atoms with Crippen LogP contribution in [0.4, 0.5) is 8.78 Å². The second-order valence-corrected chi connectivity index (χ2v) is 7.95. The van der Waals surface area contributed by atoms with E-state index in [4.69, 9.17) is 4.74 Å². The molecule has 1 saturated carbocycles. The van der Waals surface area contributed by atoms with Crippen LogP contribution in [0.15, 0.2) is 24.5 Å². The number of hydrogen-bond donors (Lipinski definition) is 1. The van der Waals surface area contributed by atoms with Gasteiger partial charge in [-0.05, 0) is 30.4 Å². The SMILES string of the molecule is O=C(NCCC1CCOC12CN(Cc1cccnc1)C2)C1CC(F)(F)C1. The van der Waals surface area contributed by atoms with Gasteiger partial charge in [0.25, 0.3) is 0 Å². The average Bonchev–Trinajstić information content (AvgIpc) is 2.97. The number of alkyl halides is 2. The molecule has 0 aromatic carbocycles. The molecule has 1 N–H and O–H groups in total. The summed E-state index contributed by atoms with van der Waals surface area (Å²) in [4.78, 5) is 18.4. The zero-order valence-electron chi connectivity index (χ0n) is 14.8. The molecule has 26 heavy (non-hydrogen) atoms. The maximum atomic E-state index is 12.9. The average molecular weight is 365 g/mol. The second kappa shape index (κ2) is 6.85.